The molecule has 3 rings (SSSR count). The summed E-state index contributed by atoms with van der Waals surface area (Å²) in [6, 6.07) is 4.05. The van der Waals surface area contributed by atoms with E-state index < -0.39 is 0 Å². The molecule has 0 N–H and O–H groups in total. The van der Waals surface area contributed by atoms with Gasteiger partial charge in [0.05, 0.1) is 0 Å². The van der Waals surface area contributed by atoms with Gasteiger partial charge in [0.25, 0.3) is 0 Å². The second kappa shape index (κ2) is 8.04. The van der Waals surface area contributed by atoms with E-state index in [1.54, 1.807) is 12.4 Å². The second-order valence-corrected chi connectivity index (χ2v) is 6.40. The van der Waals surface area contributed by atoms with E-state index in [1.165, 1.54) is 25.7 Å². The van der Waals surface area contributed by atoms with Gasteiger partial charge in [-0.1, -0.05) is 30.8 Å². The number of rotatable bonds is 5. The summed E-state index contributed by atoms with van der Waals surface area (Å²) in [6.07, 6.45) is 11.5. The first kappa shape index (κ1) is 16.6. The molecule has 24 heavy (non-hydrogen) atoms. The highest BCUT2D eigenvalue weighted by atomic mass is 16.5. The van der Waals surface area contributed by atoms with Gasteiger partial charge in [0.1, 0.15) is 0 Å². The van der Waals surface area contributed by atoms with E-state index >= 15 is 0 Å². The fourth-order valence-electron chi connectivity index (χ4n) is 3.21. The number of aromatic nitrogens is 3. The lowest BCUT2D eigenvalue weighted by Gasteiger charge is -2.27. The Balaban J connectivity index is 1.53. The van der Waals surface area contributed by atoms with Crippen LogP contribution in [0.1, 0.15) is 50.8 Å². The van der Waals surface area contributed by atoms with Crippen LogP contribution in [-0.4, -0.2) is 39.0 Å². The summed E-state index contributed by atoms with van der Waals surface area (Å²) < 4.78 is 5.26. The van der Waals surface area contributed by atoms with E-state index in [0.717, 1.165) is 18.4 Å². The number of carbonyl (C=O) groups is 1. The topological polar surface area (TPSA) is 72.1 Å². The molecule has 6 heteroatoms. The fourth-order valence-corrected chi connectivity index (χ4v) is 3.21. The molecular formula is C18H24N4O2. The molecule has 6 nitrogen and oxygen atoms in total. The molecule has 0 atom stereocenters. The van der Waals surface area contributed by atoms with Crippen molar-refractivity contribution < 1.29 is 9.32 Å². The molecule has 0 unspecified atom stereocenters. The Morgan fingerprint density at radius 1 is 1.21 bits per heavy atom. The van der Waals surface area contributed by atoms with Crippen molar-refractivity contribution in [1.29, 1.82) is 0 Å². The fraction of sp³-hybridized carbons (Fsp3) is 0.556. The van der Waals surface area contributed by atoms with E-state index in [2.05, 4.69) is 15.1 Å². The monoisotopic (exact) mass is 328 g/mol. The van der Waals surface area contributed by atoms with Gasteiger partial charge in [-0.3, -0.25) is 9.78 Å². The summed E-state index contributed by atoms with van der Waals surface area (Å²) in [6.45, 7) is 0. The van der Waals surface area contributed by atoms with Crippen LogP contribution in [-0.2, 0) is 11.2 Å². The Hall–Kier alpha value is -2.24. The second-order valence-electron chi connectivity index (χ2n) is 6.40. The van der Waals surface area contributed by atoms with Crippen LogP contribution in [0.4, 0.5) is 0 Å². The molecule has 2 heterocycles. The molecule has 2 aromatic heterocycles. The SMILES string of the molecule is CN(C(=O)CCc1nc(-c2ccncc2)no1)C1CCCCCC1. The molecule has 0 bridgehead atoms. The smallest absolute Gasteiger partial charge is 0.227 e. The molecule has 1 aliphatic carbocycles. The van der Waals surface area contributed by atoms with Crippen molar-refractivity contribution in [3.8, 4) is 11.4 Å². The molecule has 0 radical (unpaired) electrons. The molecule has 1 saturated carbocycles. The van der Waals surface area contributed by atoms with Gasteiger partial charge < -0.3 is 9.42 Å². The van der Waals surface area contributed by atoms with Crippen LogP contribution >= 0.6 is 0 Å². The van der Waals surface area contributed by atoms with Crippen molar-refractivity contribution in [2.24, 2.45) is 0 Å². The molecular weight excluding hydrogens is 304 g/mol. The third-order valence-corrected chi connectivity index (χ3v) is 4.73. The molecule has 2 aromatic rings. The lowest BCUT2D eigenvalue weighted by Crippen LogP contribution is -2.36. The first-order valence-electron chi connectivity index (χ1n) is 8.72. The van der Waals surface area contributed by atoms with E-state index in [1.807, 2.05) is 24.1 Å². The highest BCUT2D eigenvalue weighted by molar-refractivity contribution is 5.76. The van der Waals surface area contributed by atoms with Crippen molar-refractivity contribution in [2.75, 3.05) is 7.05 Å². The predicted molar refractivity (Wildman–Crippen MR) is 90.1 cm³/mol. The highest BCUT2D eigenvalue weighted by Crippen LogP contribution is 2.22. The van der Waals surface area contributed by atoms with Gasteiger partial charge in [-0.25, -0.2) is 0 Å². The Labute approximate surface area is 142 Å². The Morgan fingerprint density at radius 3 is 2.62 bits per heavy atom. The average molecular weight is 328 g/mol. The summed E-state index contributed by atoms with van der Waals surface area (Å²) in [4.78, 5) is 22.7. The van der Waals surface area contributed by atoms with Gasteiger partial charge in [0.15, 0.2) is 0 Å². The maximum atomic E-state index is 12.4. The summed E-state index contributed by atoms with van der Waals surface area (Å²) in [5.74, 6) is 1.20. The van der Waals surface area contributed by atoms with Gasteiger partial charge in [-0.15, -0.1) is 0 Å². The van der Waals surface area contributed by atoms with Crippen LogP contribution in [0.5, 0.6) is 0 Å². The quantitative estimate of drug-likeness (QED) is 0.788. The zero-order chi connectivity index (χ0) is 16.8. The number of nitrogens with zero attached hydrogens (tertiary/aromatic N) is 4. The summed E-state index contributed by atoms with van der Waals surface area (Å²) in [7, 11) is 1.93. The van der Waals surface area contributed by atoms with Crippen molar-refractivity contribution in [2.45, 2.75) is 57.4 Å². The number of pyridine rings is 1. The molecule has 128 valence electrons. The molecule has 1 amide bonds. The van der Waals surface area contributed by atoms with E-state index in [9.17, 15) is 4.79 Å². The average Bonchev–Trinajstić information content (AvgIpc) is 2.93. The summed E-state index contributed by atoms with van der Waals surface area (Å²) in [5, 5.41) is 3.97. The molecule has 1 aliphatic rings. The van der Waals surface area contributed by atoms with E-state index in [-0.39, 0.29) is 5.91 Å². The zero-order valence-electron chi connectivity index (χ0n) is 14.1. The number of aryl methyl sites for hydroxylation is 1. The first-order valence-corrected chi connectivity index (χ1v) is 8.72. The van der Waals surface area contributed by atoms with E-state index in [4.69, 9.17) is 4.52 Å². The van der Waals surface area contributed by atoms with Crippen molar-refractivity contribution in [1.82, 2.24) is 20.0 Å². The Bertz CT molecular complexity index is 648. The van der Waals surface area contributed by atoms with Crippen LogP contribution in [0, 0.1) is 0 Å². The first-order chi connectivity index (χ1) is 11.7. The number of hydrogen-bond acceptors (Lipinski definition) is 5. The van der Waals surface area contributed by atoms with Crippen molar-refractivity contribution in [3.63, 3.8) is 0 Å². The number of carbonyl (C=O) groups excluding carboxylic acids is 1. The zero-order valence-corrected chi connectivity index (χ0v) is 14.1. The number of hydrogen-bond donors (Lipinski definition) is 0. The molecule has 0 aliphatic heterocycles. The minimum atomic E-state index is 0.158. The normalized spacial score (nSPS) is 15.9. The van der Waals surface area contributed by atoms with Crippen LogP contribution in [0.2, 0.25) is 0 Å². The maximum Gasteiger partial charge on any atom is 0.227 e. The Kier molecular flexibility index (Phi) is 5.56. The van der Waals surface area contributed by atoms with Crippen LogP contribution in [0.3, 0.4) is 0 Å². The van der Waals surface area contributed by atoms with Gasteiger partial charge in [-0.05, 0) is 25.0 Å². The standard InChI is InChI=1S/C18H24N4O2/c1-22(15-6-4-2-3-5-7-15)17(23)9-8-16-20-18(21-24-16)14-10-12-19-13-11-14/h10-13,15H,2-9H2,1H3. The minimum Gasteiger partial charge on any atom is -0.343 e. The van der Waals surface area contributed by atoms with Gasteiger partial charge in [0.2, 0.25) is 17.6 Å². The summed E-state index contributed by atoms with van der Waals surface area (Å²) in [5.41, 5.74) is 0.863. The van der Waals surface area contributed by atoms with E-state index in [0.29, 0.717) is 30.6 Å². The molecule has 0 saturated heterocycles. The third-order valence-electron chi connectivity index (χ3n) is 4.73. The van der Waals surface area contributed by atoms with Gasteiger partial charge in [-0.2, -0.15) is 4.98 Å². The lowest BCUT2D eigenvalue weighted by atomic mass is 10.1. The predicted octanol–water partition coefficient (Wildman–Crippen LogP) is 3.25. The van der Waals surface area contributed by atoms with Gasteiger partial charge in [0, 0.05) is 43.9 Å². The van der Waals surface area contributed by atoms with Crippen LogP contribution in [0.25, 0.3) is 11.4 Å². The molecule has 0 aromatic carbocycles. The highest BCUT2D eigenvalue weighted by Gasteiger charge is 2.21. The largest absolute Gasteiger partial charge is 0.343 e. The third kappa shape index (κ3) is 4.19. The molecule has 0 spiro atoms. The van der Waals surface area contributed by atoms with Crippen LogP contribution < -0.4 is 0 Å². The molecule has 1 fully saturated rings. The Morgan fingerprint density at radius 2 is 1.92 bits per heavy atom. The van der Waals surface area contributed by atoms with Gasteiger partial charge >= 0.3 is 0 Å². The number of amides is 1. The maximum absolute atomic E-state index is 12.4. The van der Waals surface area contributed by atoms with Crippen molar-refractivity contribution in [3.05, 3.63) is 30.4 Å². The lowest BCUT2D eigenvalue weighted by molar-refractivity contribution is -0.132. The van der Waals surface area contributed by atoms with Crippen molar-refractivity contribution >= 4 is 5.91 Å². The van der Waals surface area contributed by atoms with Crippen LogP contribution in [0.15, 0.2) is 29.0 Å². The summed E-state index contributed by atoms with van der Waals surface area (Å²) >= 11 is 0. The minimum absolute atomic E-state index is 0.158.